The highest BCUT2D eigenvalue weighted by atomic mass is 79.9. The van der Waals surface area contributed by atoms with Crippen molar-refractivity contribution < 1.29 is 27.5 Å². The van der Waals surface area contributed by atoms with E-state index in [-0.39, 0.29) is 37.3 Å². The summed E-state index contributed by atoms with van der Waals surface area (Å²) in [5, 5.41) is 4.66. The van der Waals surface area contributed by atoms with Crippen molar-refractivity contribution in [2.75, 3.05) is 35.5 Å². The molecule has 0 radical (unpaired) electrons. The van der Waals surface area contributed by atoms with E-state index in [2.05, 4.69) is 21.2 Å². The fraction of sp³-hybridized carbons (Fsp3) is 0.367. The fourth-order valence-corrected chi connectivity index (χ4v) is 6.25. The predicted octanol–water partition coefficient (Wildman–Crippen LogP) is 4.88. The van der Waals surface area contributed by atoms with Crippen LogP contribution in [0.2, 0.25) is 0 Å². The van der Waals surface area contributed by atoms with E-state index in [9.17, 15) is 22.8 Å². The first-order valence-corrected chi connectivity index (χ1v) is 16.2. The lowest BCUT2D eigenvalue weighted by Gasteiger charge is -2.27. The second-order valence-corrected chi connectivity index (χ2v) is 13.3. The monoisotopic (exact) mass is 679 g/mol. The third-order valence-corrected chi connectivity index (χ3v) is 8.64. The number of sulfone groups is 1. The molecule has 2 atom stereocenters. The summed E-state index contributed by atoms with van der Waals surface area (Å²) < 4.78 is 30.7. The third kappa shape index (κ3) is 7.25. The maximum atomic E-state index is 14.3. The molecule has 1 N–H and O–H groups in total. The second-order valence-electron chi connectivity index (χ2n) is 10.3. The lowest BCUT2D eigenvalue weighted by molar-refractivity contribution is -0.130. The van der Waals surface area contributed by atoms with Crippen LogP contribution < -0.4 is 19.9 Å². The van der Waals surface area contributed by atoms with Gasteiger partial charge < -0.3 is 19.9 Å². The maximum Gasteiger partial charge on any atom is 0.251 e. The summed E-state index contributed by atoms with van der Waals surface area (Å²) in [7, 11) is -2.10. The summed E-state index contributed by atoms with van der Waals surface area (Å²) in [5.41, 5.74) is 1.55. The number of hydrogen-bond acceptors (Lipinski definition) is 6. The summed E-state index contributed by atoms with van der Waals surface area (Å²) in [6.45, 7) is 3.64. The topological polar surface area (TPSA) is 113 Å². The number of rotatable bonds is 9. The Bertz CT molecular complexity index is 1600. The number of amides is 3. The van der Waals surface area contributed by atoms with Crippen molar-refractivity contribution in [3.05, 3.63) is 64.6 Å². The van der Waals surface area contributed by atoms with Crippen LogP contribution in [0.4, 0.5) is 11.4 Å². The molecule has 0 saturated heterocycles. The molecule has 0 aliphatic carbocycles. The first-order valence-electron chi connectivity index (χ1n) is 13.4. The molecule has 12 heteroatoms. The van der Waals surface area contributed by atoms with E-state index in [1.54, 1.807) is 38.3 Å². The van der Waals surface area contributed by atoms with E-state index in [0.717, 1.165) is 33.5 Å². The van der Waals surface area contributed by atoms with Gasteiger partial charge in [-0.25, -0.2) is 8.42 Å². The maximum absolute atomic E-state index is 14.3. The average molecular weight is 681 g/mol. The van der Waals surface area contributed by atoms with Gasteiger partial charge in [-0.3, -0.25) is 14.4 Å². The zero-order valence-electron chi connectivity index (χ0n) is 23.9. The van der Waals surface area contributed by atoms with Gasteiger partial charge in [0.25, 0.3) is 5.91 Å². The SMILES string of the molecule is CCC[C@@H](C)C(=O)N[C@H]1CN(C(=O)CS(C)(=O)=O)c2ccccc2N(Cc2c(OC)ccc3c(Br)cccc23)C1=O.Cl. The number of carbonyl (C=O) groups is 3. The molecule has 0 aromatic heterocycles. The predicted molar refractivity (Wildman–Crippen MR) is 171 cm³/mol. The first kappa shape index (κ1) is 33.4. The van der Waals surface area contributed by atoms with Gasteiger partial charge in [-0.2, -0.15) is 0 Å². The van der Waals surface area contributed by atoms with Gasteiger partial charge in [0.15, 0.2) is 9.84 Å². The summed E-state index contributed by atoms with van der Waals surface area (Å²) in [4.78, 5) is 43.6. The average Bonchev–Trinajstić information content (AvgIpc) is 3.03. The Labute approximate surface area is 261 Å². The quantitative estimate of drug-likeness (QED) is 0.345. The molecule has 1 aliphatic heterocycles. The highest BCUT2D eigenvalue weighted by Gasteiger charge is 2.38. The van der Waals surface area contributed by atoms with Crippen LogP contribution >= 0.6 is 28.3 Å². The van der Waals surface area contributed by atoms with Crippen molar-refractivity contribution in [3.63, 3.8) is 0 Å². The third-order valence-electron chi connectivity index (χ3n) is 7.18. The second kappa shape index (κ2) is 13.9. The number of methoxy groups -OCH3 is 1. The standard InChI is InChI=1S/C30H34BrN3O6S.ClH/c1-5-9-19(2)29(36)32-24-17-33(28(35)18-41(4,38)39)25-12-6-7-13-26(25)34(30(24)37)16-22-20-10-8-11-23(31)21(20)14-15-27(22)40-3;/h6-8,10-15,19,24H,5,9,16-18H2,1-4H3,(H,32,36);1H/t19-,24+;/m1./s1. The molecule has 42 heavy (non-hydrogen) atoms. The zero-order valence-corrected chi connectivity index (χ0v) is 27.1. The van der Waals surface area contributed by atoms with Crippen LogP contribution in [0.3, 0.4) is 0 Å². The molecular formula is C30H35BrClN3O6S. The van der Waals surface area contributed by atoms with E-state index >= 15 is 0 Å². The van der Waals surface area contributed by atoms with Gasteiger partial charge in [0.1, 0.15) is 17.5 Å². The number of anilines is 2. The van der Waals surface area contributed by atoms with Crippen LogP contribution in [-0.4, -0.2) is 57.8 Å². The Morgan fingerprint density at radius 3 is 2.40 bits per heavy atom. The molecule has 1 heterocycles. The largest absolute Gasteiger partial charge is 0.496 e. The number of nitrogens with zero attached hydrogens (tertiary/aromatic N) is 2. The van der Waals surface area contributed by atoms with Crippen LogP contribution in [0.5, 0.6) is 5.75 Å². The number of benzene rings is 3. The van der Waals surface area contributed by atoms with Gasteiger partial charge >= 0.3 is 0 Å². The number of fused-ring (bicyclic) bond motifs is 2. The van der Waals surface area contributed by atoms with E-state index in [1.807, 2.05) is 37.3 Å². The van der Waals surface area contributed by atoms with Gasteiger partial charge in [-0.05, 0) is 47.5 Å². The molecule has 0 saturated carbocycles. The van der Waals surface area contributed by atoms with Gasteiger partial charge in [-0.15, -0.1) is 12.4 Å². The molecule has 1 aliphatic rings. The Kier molecular flexibility index (Phi) is 11.0. The normalized spacial score (nSPS) is 15.8. The lowest BCUT2D eigenvalue weighted by Crippen LogP contribution is -2.54. The number of carbonyl (C=O) groups excluding carboxylic acids is 3. The molecule has 4 rings (SSSR count). The zero-order chi connectivity index (χ0) is 29.9. The van der Waals surface area contributed by atoms with E-state index in [1.165, 1.54) is 9.80 Å². The van der Waals surface area contributed by atoms with Crippen LogP contribution in [0.15, 0.2) is 59.1 Å². The van der Waals surface area contributed by atoms with Crippen molar-refractivity contribution in [2.24, 2.45) is 5.92 Å². The molecule has 3 aromatic carbocycles. The molecule has 226 valence electrons. The molecule has 0 fully saturated rings. The summed E-state index contributed by atoms with van der Waals surface area (Å²) in [6.07, 6.45) is 2.42. The summed E-state index contributed by atoms with van der Waals surface area (Å²) >= 11 is 3.60. The van der Waals surface area contributed by atoms with Crippen molar-refractivity contribution in [1.29, 1.82) is 0 Å². The Morgan fingerprint density at radius 2 is 1.76 bits per heavy atom. The van der Waals surface area contributed by atoms with Crippen LogP contribution in [0.25, 0.3) is 10.8 Å². The van der Waals surface area contributed by atoms with Crippen LogP contribution in [-0.2, 0) is 30.8 Å². The van der Waals surface area contributed by atoms with Crippen LogP contribution in [0.1, 0.15) is 32.3 Å². The van der Waals surface area contributed by atoms with Crippen molar-refractivity contribution in [1.82, 2.24) is 5.32 Å². The summed E-state index contributed by atoms with van der Waals surface area (Å²) in [5.74, 6) is -1.90. The van der Waals surface area contributed by atoms with Crippen molar-refractivity contribution in [2.45, 2.75) is 39.3 Å². The van der Waals surface area contributed by atoms with E-state index < -0.39 is 33.4 Å². The number of para-hydroxylation sites is 2. The molecule has 0 bridgehead atoms. The number of halogens is 2. The van der Waals surface area contributed by atoms with Gasteiger partial charge in [0.2, 0.25) is 11.8 Å². The van der Waals surface area contributed by atoms with Gasteiger partial charge in [-0.1, -0.05) is 60.5 Å². The highest BCUT2D eigenvalue weighted by Crippen LogP contribution is 2.38. The first-order chi connectivity index (χ1) is 19.4. The van der Waals surface area contributed by atoms with Gasteiger partial charge in [0.05, 0.1) is 31.6 Å². The lowest BCUT2D eigenvalue weighted by atomic mass is 10.0. The minimum Gasteiger partial charge on any atom is -0.496 e. The fourth-order valence-electron chi connectivity index (χ4n) is 5.15. The number of nitrogens with one attached hydrogen (secondary N) is 1. The highest BCUT2D eigenvalue weighted by molar-refractivity contribution is 9.10. The smallest absolute Gasteiger partial charge is 0.251 e. The minimum absolute atomic E-state index is 0. The molecule has 0 unspecified atom stereocenters. The Hall–Kier alpha value is -3.15. The van der Waals surface area contributed by atoms with Gasteiger partial charge in [0, 0.05) is 22.2 Å². The minimum atomic E-state index is -3.66. The molecule has 3 amide bonds. The summed E-state index contributed by atoms with van der Waals surface area (Å²) in [6, 6.07) is 15.3. The number of hydrogen-bond donors (Lipinski definition) is 1. The number of ether oxygens (including phenoxy) is 1. The molecular weight excluding hydrogens is 646 g/mol. The van der Waals surface area contributed by atoms with Crippen molar-refractivity contribution >= 4 is 78.0 Å². The van der Waals surface area contributed by atoms with E-state index in [0.29, 0.717) is 23.5 Å². The Balaban J connectivity index is 0.00000484. The van der Waals surface area contributed by atoms with Crippen LogP contribution in [0, 0.1) is 5.92 Å². The van der Waals surface area contributed by atoms with Crippen molar-refractivity contribution in [3.8, 4) is 5.75 Å². The molecule has 0 spiro atoms. The van der Waals surface area contributed by atoms with E-state index in [4.69, 9.17) is 4.74 Å². The Morgan fingerprint density at radius 1 is 1.07 bits per heavy atom. The molecule has 3 aromatic rings. The molecule has 9 nitrogen and oxygen atoms in total.